The van der Waals surface area contributed by atoms with Crippen molar-refractivity contribution in [1.29, 1.82) is 0 Å². The molecule has 9 nitrogen and oxygen atoms in total. The topological polar surface area (TPSA) is 130 Å². The largest absolute Gasteiger partial charge is 0.511 e. The average Bonchev–Trinajstić information content (AvgIpc) is 2.33. The molecule has 0 aromatic heterocycles. The van der Waals surface area contributed by atoms with Gasteiger partial charge < -0.3 is 15.3 Å². The van der Waals surface area contributed by atoms with E-state index in [9.17, 15) is 29.6 Å². The van der Waals surface area contributed by atoms with Gasteiger partial charge in [0.15, 0.2) is 5.78 Å². The average molecular weight is 297 g/mol. The van der Waals surface area contributed by atoms with Crippen molar-refractivity contribution in [2.75, 3.05) is 7.05 Å². The number of fused-ring (bicyclic) bond motifs is 2. The van der Waals surface area contributed by atoms with Gasteiger partial charge in [0, 0.05) is 12.0 Å². The van der Waals surface area contributed by atoms with Crippen LogP contribution in [-0.2, 0) is 9.59 Å². The number of hydrogen-bond acceptors (Lipinski definition) is 6. The van der Waals surface area contributed by atoms with E-state index >= 15 is 0 Å². The molecule has 0 saturated carbocycles. The number of urea groups is 1. The number of carbonyl (C=O) groups excluding carboxylic acids is 3. The smallest absolute Gasteiger partial charge is 0.318 e. The zero-order valence-electron chi connectivity index (χ0n) is 11.7. The number of rotatable bonds is 3. The van der Waals surface area contributed by atoms with E-state index in [1.807, 2.05) is 0 Å². The molecule has 0 unspecified atom stereocenters. The standard InChI is InChI=1S/C12H15N3O6/c1-4(16)6-8-10(15(20)21)9(14(3)12(19)13-8)7(5(2)17)11(6)18/h6,8-10,18H,1-3H3,(H,13,19)/t6-,8-,9-,10-/m1/s1. The van der Waals surface area contributed by atoms with E-state index in [4.69, 9.17) is 0 Å². The molecule has 114 valence electrons. The maximum Gasteiger partial charge on any atom is 0.318 e. The van der Waals surface area contributed by atoms with Crippen LogP contribution in [-0.4, -0.2) is 57.7 Å². The summed E-state index contributed by atoms with van der Waals surface area (Å²) in [4.78, 5) is 47.2. The fourth-order valence-corrected chi connectivity index (χ4v) is 3.10. The van der Waals surface area contributed by atoms with Crippen LogP contribution in [0.2, 0.25) is 0 Å². The highest BCUT2D eigenvalue weighted by molar-refractivity contribution is 5.99. The molecule has 0 aromatic rings. The first-order chi connectivity index (χ1) is 9.68. The first-order valence-corrected chi connectivity index (χ1v) is 6.29. The summed E-state index contributed by atoms with van der Waals surface area (Å²) in [5.41, 5.74) is -0.245. The molecule has 2 rings (SSSR count). The number of nitrogens with one attached hydrogen (secondary N) is 1. The van der Waals surface area contributed by atoms with Gasteiger partial charge in [0.05, 0.1) is 5.57 Å². The molecular formula is C12H15N3O6. The number of Topliss-reactive ketones (excluding diaryl/α,β-unsaturated/α-hetero) is 2. The summed E-state index contributed by atoms with van der Waals surface area (Å²) in [5, 5.41) is 23.9. The lowest BCUT2D eigenvalue weighted by molar-refractivity contribution is -0.535. The number of nitrogens with zero attached hydrogens (tertiary/aromatic N) is 2. The van der Waals surface area contributed by atoms with Gasteiger partial charge in [0.2, 0.25) is 0 Å². The predicted octanol–water partition coefficient (Wildman–Crippen LogP) is -0.356. The molecule has 4 atom stereocenters. The Kier molecular flexibility index (Phi) is 3.44. The van der Waals surface area contributed by atoms with Gasteiger partial charge in [0.25, 0.3) is 6.04 Å². The molecule has 0 spiro atoms. The van der Waals surface area contributed by atoms with Crippen LogP contribution in [0, 0.1) is 16.0 Å². The third-order valence-electron chi connectivity index (χ3n) is 4.01. The number of nitro groups is 1. The molecule has 0 radical (unpaired) electrons. The summed E-state index contributed by atoms with van der Waals surface area (Å²) in [6, 6.07) is -4.36. The highest BCUT2D eigenvalue weighted by Gasteiger charge is 2.59. The van der Waals surface area contributed by atoms with E-state index in [0.29, 0.717) is 0 Å². The van der Waals surface area contributed by atoms with Crippen LogP contribution in [0.1, 0.15) is 13.8 Å². The van der Waals surface area contributed by atoms with E-state index in [0.717, 1.165) is 18.7 Å². The maximum absolute atomic E-state index is 11.9. The van der Waals surface area contributed by atoms with Crippen LogP contribution >= 0.6 is 0 Å². The van der Waals surface area contributed by atoms with Crippen molar-refractivity contribution in [2.45, 2.75) is 32.0 Å². The van der Waals surface area contributed by atoms with Crippen molar-refractivity contribution in [3.8, 4) is 0 Å². The molecule has 2 aliphatic rings. The van der Waals surface area contributed by atoms with E-state index in [1.54, 1.807) is 0 Å². The van der Waals surface area contributed by atoms with Gasteiger partial charge in [-0.2, -0.15) is 0 Å². The van der Waals surface area contributed by atoms with Crippen molar-refractivity contribution in [3.05, 3.63) is 21.4 Å². The number of aliphatic hydroxyl groups is 1. The molecule has 1 aliphatic heterocycles. The molecule has 0 aromatic carbocycles. The Morgan fingerprint density at radius 2 is 1.95 bits per heavy atom. The van der Waals surface area contributed by atoms with E-state index in [-0.39, 0.29) is 5.57 Å². The van der Waals surface area contributed by atoms with E-state index in [2.05, 4.69) is 5.32 Å². The second-order valence-electron chi connectivity index (χ2n) is 5.25. The van der Waals surface area contributed by atoms with Crippen LogP contribution in [0.15, 0.2) is 11.3 Å². The lowest BCUT2D eigenvalue weighted by atomic mass is 9.73. The van der Waals surface area contributed by atoms with Gasteiger partial charge in [-0.25, -0.2) is 4.79 Å². The van der Waals surface area contributed by atoms with Gasteiger partial charge in [-0.1, -0.05) is 0 Å². The monoisotopic (exact) mass is 297 g/mol. The second-order valence-corrected chi connectivity index (χ2v) is 5.25. The fraction of sp³-hybridized carbons (Fsp3) is 0.583. The molecule has 1 fully saturated rings. The number of likely N-dealkylation sites (N-methyl/N-ethyl adjacent to an activating group) is 1. The zero-order valence-corrected chi connectivity index (χ0v) is 11.7. The minimum atomic E-state index is -1.38. The predicted molar refractivity (Wildman–Crippen MR) is 69.2 cm³/mol. The molecule has 9 heteroatoms. The molecule has 2 N–H and O–H groups in total. The quantitative estimate of drug-likeness (QED) is 0.540. The normalized spacial score (nSPS) is 31.8. The first kappa shape index (κ1) is 14.9. The Morgan fingerprint density at radius 1 is 1.38 bits per heavy atom. The van der Waals surface area contributed by atoms with Gasteiger partial charge in [-0.05, 0) is 13.8 Å². The summed E-state index contributed by atoms with van der Waals surface area (Å²) in [7, 11) is 1.30. The summed E-state index contributed by atoms with van der Waals surface area (Å²) in [6.07, 6.45) is 0. The number of hydrogen-bond donors (Lipinski definition) is 2. The Labute approximate surface area is 119 Å². The third kappa shape index (κ3) is 2.05. The fourth-order valence-electron chi connectivity index (χ4n) is 3.10. The second kappa shape index (κ2) is 4.83. The van der Waals surface area contributed by atoms with Crippen molar-refractivity contribution < 1.29 is 24.4 Å². The molecule has 2 bridgehead atoms. The van der Waals surface area contributed by atoms with E-state index < -0.39 is 52.3 Å². The summed E-state index contributed by atoms with van der Waals surface area (Å²) in [5.74, 6) is -2.93. The Morgan fingerprint density at radius 3 is 2.38 bits per heavy atom. The number of ketones is 2. The minimum Gasteiger partial charge on any atom is -0.511 e. The minimum absolute atomic E-state index is 0.245. The van der Waals surface area contributed by atoms with Crippen LogP contribution in [0.25, 0.3) is 0 Å². The van der Waals surface area contributed by atoms with Crippen molar-refractivity contribution >= 4 is 17.6 Å². The van der Waals surface area contributed by atoms with Crippen molar-refractivity contribution in [2.24, 2.45) is 5.92 Å². The molecule has 21 heavy (non-hydrogen) atoms. The van der Waals surface area contributed by atoms with Gasteiger partial charge in [-0.15, -0.1) is 0 Å². The van der Waals surface area contributed by atoms with Gasteiger partial charge in [0.1, 0.15) is 29.5 Å². The first-order valence-electron chi connectivity index (χ1n) is 6.29. The lowest BCUT2D eigenvalue weighted by Crippen LogP contribution is -2.71. The molecule has 1 heterocycles. The molecule has 1 saturated heterocycles. The zero-order chi connectivity index (χ0) is 16.1. The molecular weight excluding hydrogens is 282 g/mol. The summed E-state index contributed by atoms with van der Waals surface area (Å²) < 4.78 is 0. The maximum atomic E-state index is 11.9. The Hall–Kier alpha value is -2.45. The number of amides is 2. The highest BCUT2D eigenvalue weighted by Crippen LogP contribution is 2.37. The number of aliphatic hydroxyl groups excluding tert-OH is 1. The summed E-state index contributed by atoms with van der Waals surface area (Å²) in [6.45, 7) is 2.29. The lowest BCUT2D eigenvalue weighted by Gasteiger charge is -2.45. The van der Waals surface area contributed by atoms with Crippen LogP contribution in [0.3, 0.4) is 0 Å². The van der Waals surface area contributed by atoms with Gasteiger partial charge >= 0.3 is 6.03 Å². The summed E-state index contributed by atoms with van der Waals surface area (Å²) >= 11 is 0. The molecule has 2 amide bonds. The third-order valence-corrected chi connectivity index (χ3v) is 4.01. The van der Waals surface area contributed by atoms with E-state index in [1.165, 1.54) is 7.05 Å². The Bertz CT molecular complexity index is 584. The highest BCUT2D eigenvalue weighted by atomic mass is 16.6. The SMILES string of the molecule is CC(=O)C1=C(O)[C@H](C(C)=O)[C@H]2NC(=O)N(C)[C@H]1[C@@H]2[N+](=O)[O-]. The Balaban J connectivity index is 2.72. The molecule has 1 aliphatic carbocycles. The van der Waals surface area contributed by atoms with Crippen molar-refractivity contribution in [3.63, 3.8) is 0 Å². The van der Waals surface area contributed by atoms with Crippen molar-refractivity contribution in [1.82, 2.24) is 10.2 Å². The van der Waals surface area contributed by atoms with Crippen LogP contribution < -0.4 is 5.32 Å². The number of carbonyl (C=O) groups is 3. The van der Waals surface area contributed by atoms with Gasteiger partial charge in [-0.3, -0.25) is 19.7 Å². The van der Waals surface area contributed by atoms with Crippen LogP contribution in [0.4, 0.5) is 4.79 Å². The van der Waals surface area contributed by atoms with Crippen LogP contribution in [0.5, 0.6) is 0 Å².